The topological polar surface area (TPSA) is 59.8 Å². The number of fused-ring (bicyclic) bond motifs is 1. The first-order valence-electron chi connectivity index (χ1n) is 10.9. The molecule has 164 valence electrons. The minimum Gasteiger partial charge on any atom is -0.350 e. The lowest BCUT2D eigenvalue weighted by atomic mass is 10.1. The predicted molar refractivity (Wildman–Crippen MR) is 131 cm³/mol. The lowest BCUT2D eigenvalue weighted by molar-refractivity contribution is 0.0939. The highest BCUT2D eigenvalue weighted by atomic mass is 32.2. The number of thioether (sulfide) groups is 1. The van der Waals surface area contributed by atoms with E-state index in [1.165, 1.54) is 11.1 Å². The van der Waals surface area contributed by atoms with Crippen molar-refractivity contribution in [3.05, 3.63) is 89.2 Å². The van der Waals surface area contributed by atoms with Crippen LogP contribution in [0.2, 0.25) is 0 Å². The van der Waals surface area contributed by atoms with Gasteiger partial charge in [0.1, 0.15) is 0 Å². The molecule has 0 saturated heterocycles. The van der Waals surface area contributed by atoms with Crippen molar-refractivity contribution in [2.45, 2.75) is 50.7 Å². The van der Waals surface area contributed by atoms with Crippen molar-refractivity contribution in [2.24, 2.45) is 0 Å². The molecule has 1 amide bonds. The molecular weight excluding hydrogens is 416 g/mol. The van der Waals surface area contributed by atoms with Gasteiger partial charge in [0.25, 0.3) is 5.91 Å². The number of hydrogen-bond acceptors (Lipinski definition) is 4. The highest BCUT2D eigenvalue weighted by molar-refractivity contribution is 7.98. The van der Waals surface area contributed by atoms with E-state index in [1.807, 2.05) is 43.5 Å². The van der Waals surface area contributed by atoms with Gasteiger partial charge in [-0.2, -0.15) is 0 Å². The first-order chi connectivity index (χ1) is 15.5. The molecule has 0 aliphatic carbocycles. The van der Waals surface area contributed by atoms with Crippen LogP contribution in [0.25, 0.3) is 11.0 Å². The molecule has 0 saturated carbocycles. The highest BCUT2D eigenvalue weighted by Crippen LogP contribution is 2.28. The number of amides is 1. The number of carbonyl (C=O) groups is 1. The van der Waals surface area contributed by atoms with Crippen molar-refractivity contribution in [1.82, 2.24) is 19.9 Å². The lowest BCUT2D eigenvalue weighted by Crippen LogP contribution is -2.31. The van der Waals surface area contributed by atoms with E-state index in [2.05, 4.69) is 53.0 Å². The molecule has 1 atom stereocenters. The number of nitrogens with one attached hydrogen (secondary N) is 1. The van der Waals surface area contributed by atoms with E-state index < -0.39 is 0 Å². The third-order valence-electron chi connectivity index (χ3n) is 5.68. The lowest BCUT2D eigenvalue weighted by Gasteiger charge is -2.12. The SMILES string of the molecule is CC[C@@H](C)NC(=O)c1ccc(CSc2nc3ccncc3n2Cc2ccccc2C)cc1. The fourth-order valence-corrected chi connectivity index (χ4v) is 4.45. The number of pyridine rings is 1. The quantitative estimate of drug-likeness (QED) is 0.359. The Labute approximate surface area is 193 Å². The molecule has 0 fully saturated rings. The molecule has 2 aromatic heterocycles. The number of hydrogen-bond donors (Lipinski definition) is 1. The van der Waals surface area contributed by atoms with Gasteiger partial charge in [-0.25, -0.2) is 4.98 Å². The van der Waals surface area contributed by atoms with Crippen LogP contribution in [-0.2, 0) is 12.3 Å². The normalized spacial score (nSPS) is 12.1. The van der Waals surface area contributed by atoms with Gasteiger partial charge in [-0.1, -0.05) is 55.1 Å². The van der Waals surface area contributed by atoms with E-state index in [1.54, 1.807) is 18.0 Å². The van der Waals surface area contributed by atoms with Gasteiger partial charge in [0, 0.05) is 23.6 Å². The van der Waals surface area contributed by atoms with Crippen LogP contribution < -0.4 is 5.32 Å². The Kier molecular flexibility index (Phi) is 6.90. The predicted octanol–water partition coefficient (Wildman–Crippen LogP) is 5.61. The van der Waals surface area contributed by atoms with Crippen molar-refractivity contribution >= 4 is 28.7 Å². The van der Waals surface area contributed by atoms with Gasteiger partial charge in [0.05, 0.1) is 23.8 Å². The summed E-state index contributed by atoms with van der Waals surface area (Å²) in [5.74, 6) is 0.753. The maximum absolute atomic E-state index is 12.3. The van der Waals surface area contributed by atoms with Gasteiger partial charge in [0.15, 0.2) is 5.16 Å². The second-order valence-electron chi connectivity index (χ2n) is 8.04. The van der Waals surface area contributed by atoms with Gasteiger partial charge in [-0.3, -0.25) is 9.78 Å². The van der Waals surface area contributed by atoms with Crippen molar-refractivity contribution in [2.75, 3.05) is 0 Å². The molecule has 0 radical (unpaired) electrons. The van der Waals surface area contributed by atoms with Crippen LogP contribution in [0.5, 0.6) is 0 Å². The molecule has 2 heterocycles. The van der Waals surface area contributed by atoms with Crippen LogP contribution >= 0.6 is 11.8 Å². The summed E-state index contributed by atoms with van der Waals surface area (Å²) in [6, 6.07) is 18.4. The van der Waals surface area contributed by atoms with Crippen LogP contribution in [0, 0.1) is 6.92 Å². The first-order valence-corrected chi connectivity index (χ1v) is 11.9. The van der Waals surface area contributed by atoms with Crippen LogP contribution in [0.15, 0.2) is 72.1 Å². The maximum atomic E-state index is 12.3. The molecule has 0 aliphatic heterocycles. The van der Waals surface area contributed by atoms with Crippen molar-refractivity contribution in [3.63, 3.8) is 0 Å². The average Bonchev–Trinajstić information content (AvgIpc) is 3.16. The van der Waals surface area contributed by atoms with E-state index in [0.717, 1.165) is 40.5 Å². The van der Waals surface area contributed by atoms with E-state index in [9.17, 15) is 4.79 Å². The molecule has 0 bridgehead atoms. The summed E-state index contributed by atoms with van der Waals surface area (Å²) in [5, 5.41) is 3.98. The molecule has 0 unspecified atom stereocenters. The van der Waals surface area contributed by atoms with E-state index in [0.29, 0.717) is 5.56 Å². The minimum absolute atomic E-state index is 0.0222. The summed E-state index contributed by atoms with van der Waals surface area (Å²) in [7, 11) is 0. The second-order valence-corrected chi connectivity index (χ2v) is 8.98. The maximum Gasteiger partial charge on any atom is 0.251 e. The largest absolute Gasteiger partial charge is 0.350 e. The summed E-state index contributed by atoms with van der Waals surface area (Å²) in [6.07, 6.45) is 4.58. The van der Waals surface area contributed by atoms with Gasteiger partial charge >= 0.3 is 0 Å². The van der Waals surface area contributed by atoms with Crippen LogP contribution in [0.1, 0.15) is 47.3 Å². The van der Waals surface area contributed by atoms with Gasteiger partial charge in [0.2, 0.25) is 0 Å². The Morgan fingerprint density at radius 1 is 1.12 bits per heavy atom. The third-order valence-corrected chi connectivity index (χ3v) is 6.73. The number of rotatable bonds is 8. The fourth-order valence-electron chi connectivity index (χ4n) is 3.48. The van der Waals surface area contributed by atoms with E-state index in [4.69, 9.17) is 4.98 Å². The molecule has 4 aromatic rings. The summed E-state index contributed by atoms with van der Waals surface area (Å²) >= 11 is 1.70. The molecule has 32 heavy (non-hydrogen) atoms. The number of benzene rings is 2. The number of aryl methyl sites for hydroxylation is 1. The molecule has 0 aliphatic rings. The summed E-state index contributed by atoms with van der Waals surface area (Å²) in [5.41, 5.74) is 6.37. The molecule has 5 nitrogen and oxygen atoms in total. The van der Waals surface area contributed by atoms with Gasteiger partial charge in [-0.15, -0.1) is 0 Å². The van der Waals surface area contributed by atoms with E-state index in [-0.39, 0.29) is 11.9 Å². The zero-order valence-electron chi connectivity index (χ0n) is 18.7. The number of carbonyl (C=O) groups excluding carboxylic acids is 1. The summed E-state index contributed by atoms with van der Waals surface area (Å²) in [6.45, 7) is 6.97. The number of aromatic nitrogens is 3. The van der Waals surface area contributed by atoms with Crippen LogP contribution in [-0.4, -0.2) is 26.5 Å². The van der Waals surface area contributed by atoms with Crippen molar-refractivity contribution in [3.8, 4) is 0 Å². The van der Waals surface area contributed by atoms with Crippen LogP contribution in [0.3, 0.4) is 0 Å². The Morgan fingerprint density at radius 2 is 1.91 bits per heavy atom. The van der Waals surface area contributed by atoms with E-state index >= 15 is 0 Å². The number of imidazole rings is 1. The van der Waals surface area contributed by atoms with Gasteiger partial charge < -0.3 is 9.88 Å². The zero-order chi connectivity index (χ0) is 22.5. The highest BCUT2D eigenvalue weighted by Gasteiger charge is 2.14. The Bertz CT molecular complexity index is 1220. The molecule has 2 aromatic carbocycles. The van der Waals surface area contributed by atoms with Crippen LogP contribution in [0.4, 0.5) is 0 Å². The minimum atomic E-state index is -0.0222. The van der Waals surface area contributed by atoms with Crippen molar-refractivity contribution < 1.29 is 4.79 Å². The Morgan fingerprint density at radius 3 is 2.66 bits per heavy atom. The third kappa shape index (κ3) is 5.02. The van der Waals surface area contributed by atoms with Gasteiger partial charge in [-0.05, 0) is 55.2 Å². The monoisotopic (exact) mass is 444 g/mol. The fraction of sp³-hybridized carbons (Fsp3) is 0.269. The Hall–Kier alpha value is -3.12. The molecule has 4 rings (SSSR count). The first kappa shape index (κ1) is 22.1. The Balaban J connectivity index is 1.52. The summed E-state index contributed by atoms with van der Waals surface area (Å²) in [4.78, 5) is 21.5. The molecular formula is C26H28N4OS. The smallest absolute Gasteiger partial charge is 0.251 e. The standard InChI is InChI=1S/C26H28N4OS/c1-4-19(3)28-25(31)21-11-9-20(10-12-21)17-32-26-29-23-13-14-27-15-24(23)30(26)16-22-8-6-5-7-18(22)2/h5-15,19H,4,16-17H2,1-3H3,(H,28,31)/t19-/m1/s1. The van der Waals surface area contributed by atoms with Crippen molar-refractivity contribution in [1.29, 1.82) is 0 Å². The molecule has 1 N–H and O–H groups in total. The second kappa shape index (κ2) is 10.0. The zero-order valence-corrected chi connectivity index (χ0v) is 19.5. The number of nitrogens with zero attached hydrogens (tertiary/aromatic N) is 3. The average molecular weight is 445 g/mol. The summed E-state index contributed by atoms with van der Waals surface area (Å²) < 4.78 is 2.24. The molecule has 6 heteroatoms. The molecule has 0 spiro atoms.